The van der Waals surface area contributed by atoms with Gasteiger partial charge >= 0.3 is 0 Å². The Bertz CT molecular complexity index is 825. The van der Waals surface area contributed by atoms with Crippen molar-refractivity contribution in [3.05, 3.63) is 35.9 Å². The number of amides is 1. The fourth-order valence-corrected chi connectivity index (χ4v) is 4.33. The average molecular weight is 413 g/mol. The topological polar surface area (TPSA) is 94.0 Å². The van der Waals surface area contributed by atoms with E-state index in [2.05, 4.69) is 25.9 Å². The summed E-state index contributed by atoms with van der Waals surface area (Å²) >= 11 is 0. The number of piperidine rings is 1. The molecule has 3 heterocycles. The number of carbonyl (C=O) groups excluding carboxylic acids is 1. The van der Waals surface area contributed by atoms with Crippen LogP contribution in [0.4, 0.5) is 0 Å². The second kappa shape index (κ2) is 10.0. The predicted molar refractivity (Wildman–Crippen MR) is 113 cm³/mol. The van der Waals surface area contributed by atoms with Crippen LogP contribution in [-0.4, -0.2) is 50.6 Å². The summed E-state index contributed by atoms with van der Waals surface area (Å²) in [4.78, 5) is 16.8. The highest BCUT2D eigenvalue weighted by atomic mass is 16.5. The van der Waals surface area contributed by atoms with Crippen LogP contribution in [0, 0.1) is 6.92 Å². The maximum atomic E-state index is 12.6. The summed E-state index contributed by atoms with van der Waals surface area (Å²) in [5.41, 5.74) is 1.31. The number of nitrogens with one attached hydrogen (secondary N) is 2. The van der Waals surface area contributed by atoms with E-state index in [-0.39, 0.29) is 18.1 Å². The van der Waals surface area contributed by atoms with Crippen molar-refractivity contribution in [2.24, 2.45) is 0 Å². The zero-order chi connectivity index (χ0) is 20.8. The Morgan fingerprint density at radius 1 is 1.27 bits per heavy atom. The monoisotopic (exact) mass is 412 g/mol. The van der Waals surface area contributed by atoms with Crippen molar-refractivity contribution in [3.63, 3.8) is 0 Å². The zero-order valence-corrected chi connectivity index (χ0v) is 17.7. The maximum Gasteiger partial charge on any atom is 0.273 e. The van der Waals surface area contributed by atoms with Crippen LogP contribution in [0.2, 0.25) is 0 Å². The highest BCUT2D eigenvalue weighted by Gasteiger charge is 2.25. The van der Waals surface area contributed by atoms with Crippen LogP contribution in [0.5, 0.6) is 5.75 Å². The maximum absolute atomic E-state index is 12.6. The van der Waals surface area contributed by atoms with E-state index in [1.165, 1.54) is 19.3 Å². The molecular formula is C22H32N6O2. The van der Waals surface area contributed by atoms with Crippen LogP contribution in [0.15, 0.2) is 24.5 Å². The van der Waals surface area contributed by atoms with Gasteiger partial charge in [-0.25, -0.2) is 0 Å². The Balaban J connectivity index is 1.20. The standard InChI is InChI=1S/C22H32N6O2/c1-16-21(6-4-13-23-16)30-19-9-7-18(8-10-19)25-22(29)20-15-28(27-26-20)14-11-17-5-2-3-12-24-17/h4,6,13,15,17-19,24H,2-3,5,7-12,14H2,1H3,(H,25,29). The number of hydrogen-bond donors (Lipinski definition) is 2. The minimum absolute atomic E-state index is 0.135. The van der Waals surface area contributed by atoms with Crippen molar-refractivity contribution in [1.29, 1.82) is 0 Å². The molecule has 4 rings (SSSR count). The lowest BCUT2D eigenvalue weighted by molar-refractivity contribution is 0.0888. The lowest BCUT2D eigenvalue weighted by Gasteiger charge is -2.29. The second-order valence-electron chi connectivity index (χ2n) is 8.45. The molecule has 30 heavy (non-hydrogen) atoms. The first-order chi connectivity index (χ1) is 14.7. The van der Waals surface area contributed by atoms with Gasteiger partial charge < -0.3 is 15.4 Å². The van der Waals surface area contributed by atoms with Crippen LogP contribution >= 0.6 is 0 Å². The van der Waals surface area contributed by atoms with Gasteiger partial charge in [0.15, 0.2) is 5.69 Å². The third-order valence-corrected chi connectivity index (χ3v) is 6.15. The van der Waals surface area contributed by atoms with Crippen LogP contribution in [0.25, 0.3) is 0 Å². The number of carbonyl (C=O) groups is 1. The first-order valence-corrected chi connectivity index (χ1v) is 11.2. The minimum atomic E-state index is -0.135. The van der Waals surface area contributed by atoms with Crippen LogP contribution in [0.1, 0.15) is 67.5 Å². The molecule has 1 unspecified atom stereocenters. The molecule has 162 valence electrons. The Morgan fingerprint density at radius 3 is 2.90 bits per heavy atom. The number of pyridine rings is 1. The van der Waals surface area contributed by atoms with Gasteiger partial charge in [0, 0.05) is 24.8 Å². The lowest BCUT2D eigenvalue weighted by atomic mass is 9.93. The molecule has 1 saturated carbocycles. The van der Waals surface area contributed by atoms with Gasteiger partial charge in [0.1, 0.15) is 5.75 Å². The van der Waals surface area contributed by atoms with Crippen molar-refractivity contribution < 1.29 is 9.53 Å². The predicted octanol–water partition coefficient (Wildman–Crippen LogP) is 2.63. The Labute approximate surface area is 177 Å². The Morgan fingerprint density at radius 2 is 2.13 bits per heavy atom. The summed E-state index contributed by atoms with van der Waals surface area (Å²) in [5, 5.41) is 14.9. The number of aryl methyl sites for hydroxylation is 2. The molecule has 2 fully saturated rings. The highest BCUT2D eigenvalue weighted by molar-refractivity contribution is 5.92. The normalized spacial score (nSPS) is 24.4. The van der Waals surface area contributed by atoms with Gasteiger partial charge in [0.2, 0.25) is 0 Å². The first kappa shape index (κ1) is 20.8. The summed E-state index contributed by atoms with van der Waals surface area (Å²) < 4.78 is 7.88. The smallest absolute Gasteiger partial charge is 0.273 e. The molecule has 1 aliphatic carbocycles. The molecule has 0 bridgehead atoms. The van der Waals surface area contributed by atoms with E-state index in [0.717, 1.165) is 56.6 Å². The molecule has 1 aliphatic heterocycles. The molecule has 2 aromatic heterocycles. The van der Waals surface area contributed by atoms with E-state index < -0.39 is 0 Å². The van der Waals surface area contributed by atoms with Gasteiger partial charge in [-0.05, 0) is 70.5 Å². The van der Waals surface area contributed by atoms with Gasteiger partial charge in [-0.2, -0.15) is 0 Å². The third kappa shape index (κ3) is 5.56. The molecule has 2 aliphatic rings. The molecule has 1 amide bonds. The Kier molecular flexibility index (Phi) is 6.94. The van der Waals surface area contributed by atoms with Gasteiger partial charge in [-0.3, -0.25) is 14.5 Å². The largest absolute Gasteiger partial charge is 0.489 e. The minimum Gasteiger partial charge on any atom is -0.489 e. The summed E-state index contributed by atoms with van der Waals surface area (Å²) in [5.74, 6) is 0.717. The van der Waals surface area contributed by atoms with E-state index >= 15 is 0 Å². The summed E-state index contributed by atoms with van der Waals surface area (Å²) in [6, 6.07) is 4.56. The fourth-order valence-electron chi connectivity index (χ4n) is 4.33. The van der Waals surface area contributed by atoms with Gasteiger partial charge in [-0.15, -0.1) is 5.10 Å². The summed E-state index contributed by atoms with van der Waals surface area (Å²) in [6.45, 7) is 3.85. The molecule has 0 aromatic carbocycles. The highest BCUT2D eigenvalue weighted by Crippen LogP contribution is 2.25. The van der Waals surface area contributed by atoms with Crippen molar-refractivity contribution >= 4 is 5.91 Å². The lowest BCUT2D eigenvalue weighted by Crippen LogP contribution is -2.39. The molecular weight excluding hydrogens is 380 g/mol. The van der Waals surface area contributed by atoms with Crippen LogP contribution in [-0.2, 0) is 6.54 Å². The van der Waals surface area contributed by atoms with E-state index in [1.54, 1.807) is 17.1 Å². The fraction of sp³-hybridized carbons (Fsp3) is 0.636. The van der Waals surface area contributed by atoms with E-state index in [4.69, 9.17) is 4.74 Å². The van der Waals surface area contributed by atoms with Crippen molar-refractivity contribution in [3.8, 4) is 5.75 Å². The van der Waals surface area contributed by atoms with E-state index in [9.17, 15) is 4.79 Å². The number of nitrogens with zero attached hydrogens (tertiary/aromatic N) is 4. The molecule has 1 saturated heterocycles. The van der Waals surface area contributed by atoms with Crippen molar-refractivity contribution in [2.45, 2.75) is 83.0 Å². The summed E-state index contributed by atoms with van der Waals surface area (Å²) in [7, 11) is 0. The molecule has 1 atom stereocenters. The SMILES string of the molecule is Cc1ncccc1OC1CCC(NC(=O)c2cn(CCC3CCCCN3)nn2)CC1. The molecule has 2 N–H and O–H groups in total. The van der Waals surface area contributed by atoms with Crippen LogP contribution in [0.3, 0.4) is 0 Å². The quantitative estimate of drug-likeness (QED) is 0.726. The second-order valence-corrected chi connectivity index (χ2v) is 8.45. The number of ether oxygens (including phenoxy) is 1. The van der Waals surface area contributed by atoms with Crippen molar-refractivity contribution in [2.75, 3.05) is 6.54 Å². The molecule has 8 heteroatoms. The zero-order valence-electron chi connectivity index (χ0n) is 17.7. The number of hydrogen-bond acceptors (Lipinski definition) is 6. The molecule has 0 spiro atoms. The summed E-state index contributed by atoms with van der Waals surface area (Å²) in [6.07, 6.45) is 12.1. The first-order valence-electron chi connectivity index (χ1n) is 11.2. The van der Waals surface area contributed by atoms with Crippen molar-refractivity contribution in [1.82, 2.24) is 30.6 Å². The van der Waals surface area contributed by atoms with Gasteiger partial charge in [0.25, 0.3) is 5.91 Å². The molecule has 0 radical (unpaired) electrons. The van der Waals surface area contributed by atoms with Crippen LogP contribution < -0.4 is 15.4 Å². The number of rotatable bonds is 7. The molecule has 8 nitrogen and oxygen atoms in total. The van der Waals surface area contributed by atoms with E-state index in [0.29, 0.717) is 11.7 Å². The third-order valence-electron chi connectivity index (χ3n) is 6.15. The van der Waals surface area contributed by atoms with Gasteiger partial charge in [-0.1, -0.05) is 11.6 Å². The molecule has 2 aromatic rings. The van der Waals surface area contributed by atoms with Gasteiger partial charge in [0.05, 0.1) is 18.0 Å². The Hall–Kier alpha value is -2.48. The average Bonchev–Trinajstić information content (AvgIpc) is 3.25. The number of aromatic nitrogens is 4. The van der Waals surface area contributed by atoms with E-state index in [1.807, 2.05) is 19.1 Å².